The van der Waals surface area contributed by atoms with E-state index >= 15 is 0 Å². The van der Waals surface area contributed by atoms with Crippen molar-refractivity contribution in [2.75, 3.05) is 0 Å². The van der Waals surface area contributed by atoms with Gasteiger partial charge < -0.3 is 8.97 Å². The highest BCUT2D eigenvalue weighted by Gasteiger charge is 2.29. The van der Waals surface area contributed by atoms with Gasteiger partial charge in [-0.1, -0.05) is 0 Å². The van der Waals surface area contributed by atoms with Gasteiger partial charge >= 0.3 is 0 Å². The number of hydrogen-bond acceptors (Lipinski definition) is 3. The summed E-state index contributed by atoms with van der Waals surface area (Å²) >= 11 is -1.26. The molecule has 0 radical (unpaired) electrons. The molecule has 1 N–H and O–H groups in total. The zero-order chi connectivity index (χ0) is 15.1. The zero-order valence-electron chi connectivity index (χ0n) is 11.8. The number of rotatable bonds is 3. The molecular weight excluding hydrogens is 284 g/mol. The van der Waals surface area contributed by atoms with Gasteiger partial charge in [0.05, 0.1) is 0 Å². The first kappa shape index (κ1) is 15.3. The van der Waals surface area contributed by atoms with Crippen LogP contribution in [0.4, 0.5) is 8.78 Å². The number of hydrogen-bond donors (Lipinski definition) is 1. The molecule has 6 heteroatoms. The fraction of sp³-hybridized carbons (Fsp3) is 0.429. The first-order valence-corrected chi connectivity index (χ1v) is 7.40. The summed E-state index contributed by atoms with van der Waals surface area (Å²) in [7, 11) is 0. The molecule has 0 aliphatic carbocycles. The molecule has 1 aromatic carbocycles. The number of benzene rings is 1. The Bertz CT molecular complexity index is 582. The molecule has 2 aromatic rings. The molecule has 0 spiro atoms. The average molecular weight is 301 g/mol. The third kappa shape index (κ3) is 3.13. The molecule has 0 fully saturated rings. The molecule has 2 atom stereocenters. The van der Waals surface area contributed by atoms with Gasteiger partial charge in [0, 0.05) is 22.8 Å². The van der Waals surface area contributed by atoms with Crippen molar-refractivity contribution in [3.63, 3.8) is 0 Å². The Kier molecular flexibility index (Phi) is 4.09. The molecule has 2 unspecified atom stereocenters. The Hall–Kier alpha value is -1.11. The molecule has 110 valence electrons. The van der Waals surface area contributed by atoms with Crippen LogP contribution < -0.4 is 4.72 Å². The minimum atomic E-state index is -1.26. The van der Waals surface area contributed by atoms with Gasteiger partial charge in [-0.05, 0) is 39.8 Å². The van der Waals surface area contributed by atoms with Crippen LogP contribution >= 0.6 is 0 Å². The first-order valence-electron chi connectivity index (χ1n) is 6.25. The highest BCUT2D eigenvalue weighted by molar-refractivity contribution is 7.90. The number of fused-ring (bicyclic) bond motifs is 1. The van der Waals surface area contributed by atoms with E-state index in [4.69, 9.17) is 4.42 Å². The topological polar surface area (TPSA) is 48.2 Å². The Morgan fingerprint density at radius 2 is 1.80 bits per heavy atom. The summed E-state index contributed by atoms with van der Waals surface area (Å²) in [4.78, 5) is 0. The van der Waals surface area contributed by atoms with E-state index in [0.717, 1.165) is 12.1 Å². The maximum absolute atomic E-state index is 13.1. The van der Waals surface area contributed by atoms with Gasteiger partial charge in [-0.15, -0.1) is 4.72 Å². The quantitative estimate of drug-likeness (QED) is 0.877. The number of nitrogens with one attached hydrogen (secondary N) is 1. The molecule has 1 heterocycles. The van der Waals surface area contributed by atoms with Gasteiger partial charge in [0.25, 0.3) is 0 Å². The van der Waals surface area contributed by atoms with Crippen LogP contribution in [0.15, 0.2) is 22.6 Å². The van der Waals surface area contributed by atoms with Crippen LogP contribution in [-0.4, -0.2) is 9.30 Å². The standard InChI is InChI=1S/C14H17F2NO2S/c1-8(17-20(18)14(2,3)4)12-6-9-5-10(15)11(16)7-13(9)19-12/h5-8,17H,1-4H3. The second kappa shape index (κ2) is 5.35. The molecule has 0 saturated heterocycles. The Labute approximate surface area is 119 Å². The van der Waals surface area contributed by atoms with Crippen LogP contribution in [0.1, 0.15) is 39.5 Å². The van der Waals surface area contributed by atoms with Crippen molar-refractivity contribution in [1.29, 1.82) is 0 Å². The average Bonchev–Trinajstić information content (AvgIpc) is 2.71. The normalized spacial score (nSPS) is 15.6. The van der Waals surface area contributed by atoms with Gasteiger partial charge in [-0.25, -0.2) is 8.78 Å². The molecule has 0 bridgehead atoms. The van der Waals surface area contributed by atoms with Crippen LogP contribution in [0, 0.1) is 11.6 Å². The molecule has 20 heavy (non-hydrogen) atoms. The van der Waals surface area contributed by atoms with E-state index in [1.54, 1.807) is 13.0 Å². The van der Waals surface area contributed by atoms with Gasteiger partial charge in [0.2, 0.25) is 0 Å². The van der Waals surface area contributed by atoms with Crippen LogP contribution in [-0.2, 0) is 11.4 Å². The fourth-order valence-corrected chi connectivity index (χ4v) is 2.45. The van der Waals surface area contributed by atoms with Gasteiger partial charge in [0.1, 0.15) is 22.1 Å². The third-order valence-electron chi connectivity index (χ3n) is 2.85. The van der Waals surface area contributed by atoms with E-state index < -0.39 is 27.7 Å². The summed E-state index contributed by atoms with van der Waals surface area (Å²) in [5.74, 6) is -1.37. The summed E-state index contributed by atoms with van der Waals surface area (Å²) in [5, 5.41) is 0.481. The smallest absolute Gasteiger partial charge is 0.162 e. The molecule has 0 amide bonds. The van der Waals surface area contributed by atoms with Crippen LogP contribution in [0.3, 0.4) is 0 Å². The lowest BCUT2D eigenvalue weighted by Crippen LogP contribution is -2.40. The largest absolute Gasteiger partial charge is 0.598 e. The molecule has 0 aliphatic heterocycles. The van der Waals surface area contributed by atoms with E-state index in [0.29, 0.717) is 11.1 Å². The molecule has 2 rings (SSSR count). The van der Waals surface area contributed by atoms with Crippen LogP contribution in [0.25, 0.3) is 11.0 Å². The van der Waals surface area contributed by atoms with Gasteiger partial charge in [-0.3, -0.25) is 0 Å². The van der Waals surface area contributed by atoms with Crippen molar-refractivity contribution >= 4 is 22.3 Å². The molecule has 0 aliphatic rings. The molecule has 1 aromatic heterocycles. The Morgan fingerprint density at radius 3 is 2.40 bits per heavy atom. The number of halogens is 2. The maximum atomic E-state index is 13.1. The first-order chi connectivity index (χ1) is 9.18. The van der Waals surface area contributed by atoms with Crippen molar-refractivity contribution < 1.29 is 17.8 Å². The van der Waals surface area contributed by atoms with Crippen LogP contribution in [0.5, 0.6) is 0 Å². The van der Waals surface area contributed by atoms with E-state index in [2.05, 4.69) is 4.72 Å². The molecule has 3 nitrogen and oxygen atoms in total. The second-order valence-corrected chi connectivity index (χ2v) is 7.67. The minimum absolute atomic E-state index is 0.272. The van der Waals surface area contributed by atoms with Crippen molar-refractivity contribution in [2.45, 2.75) is 38.5 Å². The highest BCUT2D eigenvalue weighted by Crippen LogP contribution is 2.27. The summed E-state index contributed by atoms with van der Waals surface area (Å²) in [6, 6.07) is 3.40. The third-order valence-corrected chi connectivity index (χ3v) is 4.53. The van der Waals surface area contributed by atoms with Crippen molar-refractivity contribution in [1.82, 2.24) is 4.72 Å². The lowest BCUT2D eigenvalue weighted by molar-refractivity contribution is 0.471. The SMILES string of the molecule is CC(N[S+]([O-])C(C)(C)C)c1cc2cc(F)c(F)cc2o1. The molecule has 0 saturated carbocycles. The summed E-state index contributed by atoms with van der Waals surface area (Å²) in [6.07, 6.45) is 0. The van der Waals surface area contributed by atoms with E-state index in [1.807, 2.05) is 20.8 Å². The number of furan rings is 1. The summed E-state index contributed by atoms with van der Waals surface area (Å²) in [5.41, 5.74) is 0.272. The zero-order valence-corrected chi connectivity index (χ0v) is 12.6. The van der Waals surface area contributed by atoms with Crippen molar-refractivity contribution in [2.24, 2.45) is 0 Å². The van der Waals surface area contributed by atoms with Gasteiger partial charge in [-0.2, -0.15) is 0 Å². The van der Waals surface area contributed by atoms with E-state index in [9.17, 15) is 13.3 Å². The Balaban J connectivity index is 2.25. The lowest BCUT2D eigenvalue weighted by Gasteiger charge is -2.25. The molecular formula is C14H17F2NO2S. The summed E-state index contributed by atoms with van der Waals surface area (Å²) < 4.78 is 46.3. The van der Waals surface area contributed by atoms with E-state index in [-0.39, 0.29) is 11.6 Å². The summed E-state index contributed by atoms with van der Waals surface area (Å²) in [6.45, 7) is 7.35. The van der Waals surface area contributed by atoms with E-state index in [1.165, 1.54) is 0 Å². The van der Waals surface area contributed by atoms with Crippen molar-refractivity contribution in [3.05, 3.63) is 35.6 Å². The fourth-order valence-electron chi connectivity index (χ4n) is 1.66. The Morgan fingerprint density at radius 1 is 1.20 bits per heavy atom. The van der Waals surface area contributed by atoms with Crippen molar-refractivity contribution in [3.8, 4) is 0 Å². The predicted molar refractivity (Wildman–Crippen MR) is 75.6 cm³/mol. The van der Waals surface area contributed by atoms with Crippen LogP contribution in [0.2, 0.25) is 0 Å². The van der Waals surface area contributed by atoms with Gasteiger partial charge in [0.15, 0.2) is 11.6 Å². The predicted octanol–water partition coefficient (Wildman–Crippen LogP) is 3.82. The lowest BCUT2D eigenvalue weighted by atomic mass is 10.2. The minimum Gasteiger partial charge on any atom is -0.598 e. The second-order valence-electron chi connectivity index (χ2n) is 5.67. The maximum Gasteiger partial charge on any atom is 0.162 e. The monoisotopic (exact) mass is 301 g/mol. The highest BCUT2D eigenvalue weighted by atomic mass is 32.2.